The van der Waals surface area contributed by atoms with E-state index in [1.165, 1.54) is 12.1 Å². The van der Waals surface area contributed by atoms with Crippen molar-refractivity contribution in [1.29, 1.82) is 0 Å². The highest BCUT2D eigenvalue weighted by molar-refractivity contribution is 8.93. The van der Waals surface area contributed by atoms with Crippen LogP contribution >= 0.6 is 28.7 Å². The molecule has 0 atom stereocenters. The molecule has 1 N–H and O–H groups in total. The van der Waals surface area contributed by atoms with E-state index in [4.69, 9.17) is 0 Å². The maximum absolute atomic E-state index is 12.6. The van der Waals surface area contributed by atoms with Crippen molar-refractivity contribution in [3.8, 4) is 0 Å². The fraction of sp³-hybridized carbons (Fsp3) is 0.300. The summed E-state index contributed by atoms with van der Waals surface area (Å²) in [5.74, 6) is 0.654. The molecule has 0 saturated heterocycles. The number of rotatable bonds is 2. The summed E-state index contributed by atoms with van der Waals surface area (Å²) in [4.78, 5) is 4.26. The summed E-state index contributed by atoms with van der Waals surface area (Å²) < 4.78 is 12.6. The Bertz CT molecular complexity index is 340. The van der Waals surface area contributed by atoms with E-state index in [2.05, 4.69) is 10.3 Å². The molecule has 0 radical (unpaired) electrons. The largest absolute Gasteiger partial charge is 0.363 e. The van der Waals surface area contributed by atoms with Crippen molar-refractivity contribution in [3.05, 3.63) is 35.6 Å². The first-order chi connectivity index (χ1) is 6.84. The summed E-state index contributed by atoms with van der Waals surface area (Å²) in [7, 11) is 0. The summed E-state index contributed by atoms with van der Waals surface area (Å²) in [6.45, 7) is 1.80. The normalized spacial score (nSPS) is 14.1. The molecule has 0 amide bonds. The lowest BCUT2D eigenvalue weighted by atomic mass is 10.2. The number of nitrogens with one attached hydrogen (secondary N) is 1. The molecule has 1 aliphatic heterocycles. The molecule has 0 spiro atoms. The first kappa shape index (κ1) is 12.5. The molecule has 0 bridgehead atoms. The van der Waals surface area contributed by atoms with Crippen molar-refractivity contribution in [2.45, 2.75) is 5.75 Å². The predicted octanol–water partition coefficient (Wildman–Crippen LogP) is 2.60. The molecule has 0 aliphatic carbocycles. The second-order valence-electron chi connectivity index (χ2n) is 3.03. The number of amidine groups is 1. The Morgan fingerprint density at radius 2 is 2.07 bits per heavy atom. The fourth-order valence-electron chi connectivity index (χ4n) is 1.21. The molecule has 5 heteroatoms. The van der Waals surface area contributed by atoms with Gasteiger partial charge in [-0.05, 0) is 17.7 Å². The van der Waals surface area contributed by atoms with Gasteiger partial charge in [-0.2, -0.15) is 0 Å². The van der Waals surface area contributed by atoms with Crippen molar-refractivity contribution in [2.24, 2.45) is 4.99 Å². The number of hydrogen-bond acceptors (Lipinski definition) is 3. The van der Waals surface area contributed by atoms with Gasteiger partial charge >= 0.3 is 0 Å². The Labute approximate surface area is 103 Å². The van der Waals surface area contributed by atoms with Crippen molar-refractivity contribution in [2.75, 3.05) is 13.1 Å². The lowest BCUT2D eigenvalue weighted by molar-refractivity contribution is 0.627. The molecule has 2 rings (SSSR count). The number of nitrogens with zero attached hydrogens (tertiary/aromatic N) is 1. The first-order valence-corrected chi connectivity index (χ1v) is 5.49. The monoisotopic (exact) mass is 290 g/mol. The van der Waals surface area contributed by atoms with E-state index in [0.29, 0.717) is 0 Å². The van der Waals surface area contributed by atoms with Crippen LogP contribution in [-0.2, 0) is 5.75 Å². The summed E-state index contributed by atoms with van der Waals surface area (Å²) in [6, 6.07) is 6.58. The van der Waals surface area contributed by atoms with E-state index >= 15 is 0 Å². The molecule has 15 heavy (non-hydrogen) atoms. The molecular formula is C10H12BrFN2S. The van der Waals surface area contributed by atoms with Crippen LogP contribution in [0.1, 0.15) is 5.56 Å². The van der Waals surface area contributed by atoms with Gasteiger partial charge in [0, 0.05) is 12.3 Å². The van der Waals surface area contributed by atoms with Crippen LogP contribution in [0, 0.1) is 5.82 Å². The minimum Gasteiger partial charge on any atom is -0.363 e. The smallest absolute Gasteiger partial charge is 0.157 e. The van der Waals surface area contributed by atoms with Crippen LogP contribution in [0.5, 0.6) is 0 Å². The molecule has 0 aromatic heterocycles. The van der Waals surface area contributed by atoms with E-state index < -0.39 is 0 Å². The van der Waals surface area contributed by atoms with Gasteiger partial charge in [-0.25, -0.2) is 4.39 Å². The van der Waals surface area contributed by atoms with Crippen molar-refractivity contribution < 1.29 is 4.39 Å². The maximum atomic E-state index is 12.6. The Morgan fingerprint density at radius 1 is 1.33 bits per heavy atom. The maximum Gasteiger partial charge on any atom is 0.157 e. The zero-order valence-corrected chi connectivity index (χ0v) is 10.6. The Kier molecular flexibility index (Phi) is 5.11. The quantitative estimate of drug-likeness (QED) is 0.905. The number of aliphatic imine (C=N–C) groups is 1. The Hall–Kier alpha value is -0.550. The van der Waals surface area contributed by atoms with Crippen LogP contribution in [-0.4, -0.2) is 18.3 Å². The highest BCUT2D eigenvalue weighted by Crippen LogP contribution is 2.14. The van der Waals surface area contributed by atoms with Crippen LogP contribution in [0.25, 0.3) is 0 Å². The van der Waals surface area contributed by atoms with Crippen molar-refractivity contribution in [3.63, 3.8) is 0 Å². The third kappa shape index (κ3) is 3.83. The van der Waals surface area contributed by atoms with Gasteiger partial charge in [-0.3, -0.25) is 4.99 Å². The van der Waals surface area contributed by atoms with Gasteiger partial charge in [0.2, 0.25) is 0 Å². The topological polar surface area (TPSA) is 24.4 Å². The number of thioether (sulfide) groups is 1. The molecule has 0 saturated carbocycles. The molecule has 1 aromatic carbocycles. The average Bonchev–Trinajstić information content (AvgIpc) is 2.70. The van der Waals surface area contributed by atoms with Gasteiger partial charge < -0.3 is 5.32 Å². The summed E-state index contributed by atoms with van der Waals surface area (Å²) in [5.41, 5.74) is 1.12. The van der Waals surface area contributed by atoms with Crippen LogP contribution in [0.4, 0.5) is 4.39 Å². The van der Waals surface area contributed by atoms with E-state index in [1.807, 2.05) is 0 Å². The second kappa shape index (κ2) is 6.12. The first-order valence-electron chi connectivity index (χ1n) is 4.50. The zero-order valence-electron chi connectivity index (χ0n) is 8.07. The Balaban J connectivity index is 0.00000112. The molecule has 1 aromatic rings. The molecule has 0 unspecified atom stereocenters. The molecular weight excluding hydrogens is 279 g/mol. The minimum absolute atomic E-state index is 0. The average molecular weight is 291 g/mol. The minimum atomic E-state index is -0.185. The van der Waals surface area contributed by atoms with E-state index in [1.54, 1.807) is 23.9 Å². The predicted molar refractivity (Wildman–Crippen MR) is 68.3 cm³/mol. The van der Waals surface area contributed by atoms with Crippen LogP contribution in [0.15, 0.2) is 29.3 Å². The molecule has 0 fully saturated rings. The molecule has 1 heterocycles. The van der Waals surface area contributed by atoms with Crippen LogP contribution in [0.2, 0.25) is 0 Å². The Morgan fingerprint density at radius 3 is 2.67 bits per heavy atom. The fourth-order valence-corrected chi connectivity index (χ4v) is 2.09. The van der Waals surface area contributed by atoms with Gasteiger partial charge in [0.1, 0.15) is 5.82 Å². The lowest BCUT2D eigenvalue weighted by Crippen LogP contribution is -2.14. The number of halogens is 2. The van der Waals surface area contributed by atoms with Crippen molar-refractivity contribution in [1.82, 2.24) is 5.32 Å². The SMILES string of the molecule is Br.Fc1ccc(CSC2=NCCN2)cc1. The second-order valence-corrected chi connectivity index (χ2v) is 3.99. The van der Waals surface area contributed by atoms with Crippen LogP contribution < -0.4 is 5.32 Å². The molecule has 2 nitrogen and oxygen atoms in total. The molecule has 1 aliphatic rings. The third-order valence-electron chi connectivity index (χ3n) is 1.93. The van der Waals surface area contributed by atoms with E-state index in [9.17, 15) is 4.39 Å². The third-order valence-corrected chi connectivity index (χ3v) is 2.96. The van der Waals surface area contributed by atoms with Crippen LogP contribution in [0.3, 0.4) is 0 Å². The number of benzene rings is 1. The summed E-state index contributed by atoms with van der Waals surface area (Å²) in [6.07, 6.45) is 0. The van der Waals surface area contributed by atoms with Crippen molar-refractivity contribution >= 4 is 33.9 Å². The van der Waals surface area contributed by atoms with Gasteiger partial charge in [0.05, 0.1) is 6.54 Å². The lowest BCUT2D eigenvalue weighted by Gasteiger charge is -2.01. The van der Waals surface area contributed by atoms with Gasteiger partial charge in [0.25, 0.3) is 0 Å². The van der Waals surface area contributed by atoms with Gasteiger partial charge in [-0.15, -0.1) is 17.0 Å². The van der Waals surface area contributed by atoms with E-state index in [-0.39, 0.29) is 22.8 Å². The summed E-state index contributed by atoms with van der Waals surface area (Å²) >= 11 is 1.66. The highest BCUT2D eigenvalue weighted by atomic mass is 79.9. The summed E-state index contributed by atoms with van der Waals surface area (Å²) in [5, 5.41) is 4.17. The van der Waals surface area contributed by atoms with Gasteiger partial charge in [-0.1, -0.05) is 23.9 Å². The zero-order chi connectivity index (χ0) is 9.80. The van der Waals surface area contributed by atoms with Gasteiger partial charge in [0.15, 0.2) is 5.17 Å². The van der Waals surface area contributed by atoms with E-state index in [0.717, 1.165) is 29.6 Å². The highest BCUT2D eigenvalue weighted by Gasteiger charge is 2.05. The molecule has 82 valence electrons. The number of hydrogen-bond donors (Lipinski definition) is 1. The standard InChI is InChI=1S/C10H11FN2S.BrH/c11-9-3-1-8(2-4-9)7-14-10-12-5-6-13-10;/h1-4H,5-7H2,(H,12,13);1H.